The smallest absolute Gasteiger partial charge is 0.387 e. The molecule has 0 saturated carbocycles. The van der Waals surface area contributed by atoms with Crippen LogP contribution in [0.4, 0.5) is 8.78 Å². The standard InChI is InChI=1S/C20H21BrF2N2O4/c1-12(25-19(27)14-4-6-15(21)7-5-14)18(26)24-10-9-13-3-8-16(29-20(22)23)17(11-13)28-2/h3-8,11-12,20H,9-10H2,1-2H3,(H,24,26)(H,25,27)/t12-/m0/s1. The summed E-state index contributed by atoms with van der Waals surface area (Å²) in [6.45, 7) is -1.05. The summed E-state index contributed by atoms with van der Waals surface area (Å²) in [6, 6.07) is 10.6. The Balaban J connectivity index is 1.84. The van der Waals surface area contributed by atoms with Gasteiger partial charge in [-0.05, 0) is 55.3 Å². The fourth-order valence-corrected chi connectivity index (χ4v) is 2.76. The third-order valence-electron chi connectivity index (χ3n) is 4.00. The fraction of sp³-hybridized carbons (Fsp3) is 0.300. The largest absolute Gasteiger partial charge is 0.493 e. The fourth-order valence-electron chi connectivity index (χ4n) is 2.49. The number of methoxy groups -OCH3 is 1. The van der Waals surface area contributed by atoms with Crippen LogP contribution in [-0.4, -0.2) is 38.1 Å². The van der Waals surface area contributed by atoms with E-state index in [4.69, 9.17) is 4.74 Å². The molecule has 0 aliphatic rings. The predicted molar refractivity (Wildman–Crippen MR) is 107 cm³/mol. The van der Waals surface area contributed by atoms with Gasteiger partial charge >= 0.3 is 6.61 Å². The number of hydrogen-bond donors (Lipinski definition) is 2. The zero-order chi connectivity index (χ0) is 21.4. The lowest BCUT2D eigenvalue weighted by atomic mass is 10.1. The van der Waals surface area contributed by atoms with Crippen LogP contribution < -0.4 is 20.1 Å². The molecule has 0 aliphatic carbocycles. The van der Waals surface area contributed by atoms with E-state index in [2.05, 4.69) is 31.3 Å². The quantitative estimate of drug-likeness (QED) is 0.587. The average Bonchev–Trinajstić information content (AvgIpc) is 2.68. The van der Waals surface area contributed by atoms with E-state index >= 15 is 0 Å². The lowest BCUT2D eigenvalue weighted by Gasteiger charge is -2.15. The Morgan fingerprint density at radius 1 is 1.10 bits per heavy atom. The van der Waals surface area contributed by atoms with E-state index in [1.54, 1.807) is 43.3 Å². The number of carbonyl (C=O) groups is 2. The van der Waals surface area contributed by atoms with Crippen LogP contribution in [0.2, 0.25) is 0 Å². The number of halogens is 3. The number of benzene rings is 2. The molecule has 0 fully saturated rings. The molecule has 0 aliphatic heterocycles. The minimum absolute atomic E-state index is 0.0560. The molecule has 2 aromatic rings. The van der Waals surface area contributed by atoms with Gasteiger partial charge in [0, 0.05) is 16.6 Å². The summed E-state index contributed by atoms with van der Waals surface area (Å²) in [4.78, 5) is 24.4. The molecular formula is C20H21BrF2N2O4. The molecule has 0 saturated heterocycles. The Labute approximate surface area is 175 Å². The maximum Gasteiger partial charge on any atom is 0.387 e. The van der Waals surface area contributed by atoms with Crippen molar-refractivity contribution < 1.29 is 27.8 Å². The highest BCUT2D eigenvalue weighted by Crippen LogP contribution is 2.29. The van der Waals surface area contributed by atoms with Crippen LogP contribution in [0, 0.1) is 0 Å². The first kappa shape index (κ1) is 22.6. The molecule has 156 valence electrons. The molecule has 2 aromatic carbocycles. The normalized spacial score (nSPS) is 11.7. The van der Waals surface area contributed by atoms with Crippen LogP contribution in [0.5, 0.6) is 11.5 Å². The number of ether oxygens (including phenoxy) is 2. The molecule has 0 heterocycles. The summed E-state index contributed by atoms with van der Waals surface area (Å²) in [5.41, 5.74) is 1.22. The number of hydrogen-bond acceptors (Lipinski definition) is 4. The summed E-state index contributed by atoms with van der Waals surface area (Å²) in [6.07, 6.45) is 0.449. The highest BCUT2D eigenvalue weighted by molar-refractivity contribution is 9.10. The van der Waals surface area contributed by atoms with Crippen LogP contribution in [0.3, 0.4) is 0 Å². The highest BCUT2D eigenvalue weighted by atomic mass is 79.9. The van der Waals surface area contributed by atoms with E-state index in [1.165, 1.54) is 13.2 Å². The maximum absolute atomic E-state index is 12.4. The summed E-state index contributed by atoms with van der Waals surface area (Å²) >= 11 is 3.30. The lowest BCUT2D eigenvalue weighted by Crippen LogP contribution is -2.45. The molecule has 0 bridgehead atoms. The van der Waals surface area contributed by atoms with Gasteiger partial charge in [-0.15, -0.1) is 0 Å². The zero-order valence-electron chi connectivity index (χ0n) is 15.9. The van der Waals surface area contributed by atoms with E-state index in [9.17, 15) is 18.4 Å². The predicted octanol–water partition coefficient (Wildman–Crippen LogP) is 3.54. The molecule has 0 radical (unpaired) electrons. The van der Waals surface area contributed by atoms with Crippen molar-refractivity contribution in [2.75, 3.05) is 13.7 Å². The van der Waals surface area contributed by atoms with Crippen molar-refractivity contribution in [1.29, 1.82) is 0 Å². The van der Waals surface area contributed by atoms with Crippen LogP contribution in [0.1, 0.15) is 22.8 Å². The van der Waals surface area contributed by atoms with Crippen LogP contribution in [0.15, 0.2) is 46.9 Å². The summed E-state index contributed by atoms with van der Waals surface area (Å²) in [5, 5.41) is 5.36. The average molecular weight is 471 g/mol. The van der Waals surface area contributed by atoms with E-state index < -0.39 is 12.7 Å². The second-order valence-corrected chi connectivity index (χ2v) is 7.02. The number of amides is 2. The van der Waals surface area contributed by atoms with Gasteiger partial charge in [-0.25, -0.2) is 0 Å². The van der Waals surface area contributed by atoms with Gasteiger partial charge in [0.05, 0.1) is 7.11 Å². The van der Waals surface area contributed by atoms with Gasteiger partial charge in [-0.2, -0.15) is 8.78 Å². The van der Waals surface area contributed by atoms with Gasteiger partial charge in [0.2, 0.25) is 5.91 Å². The van der Waals surface area contributed by atoms with Crippen molar-refractivity contribution in [3.63, 3.8) is 0 Å². The number of nitrogens with one attached hydrogen (secondary N) is 2. The van der Waals surface area contributed by atoms with E-state index in [1.807, 2.05) is 0 Å². The summed E-state index contributed by atoms with van der Waals surface area (Å²) in [7, 11) is 1.36. The maximum atomic E-state index is 12.4. The molecule has 0 spiro atoms. The molecule has 1 atom stereocenters. The van der Waals surface area contributed by atoms with Gasteiger partial charge in [-0.1, -0.05) is 22.0 Å². The van der Waals surface area contributed by atoms with Crippen LogP contribution in [0.25, 0.3) is 0 Å². The number of carbonyl (C=O) groups excluding carboxylic acids is 2. The molecule has 2 rings (SSSR count). The van der Waals surface area contributed by atoms with Gasteiger partial charge in [0.25, 0.3) is 5.91 Å². The van der Waals surface area contributed by atoms with Crippen molar-refractivity contribution in [3.05, 3.63) is 58.1 Å². The molecule has 2 amide bonds. The molecule has 6 nitrogen and oxygen atoms in total. The first-order valence-corrected chi connectivity index (χ1v) is 9.55. The molecule has 0 aromatic heterocycles. The minimum atomic E-state index is -2.94. The number of alkyl halides is 2. The summed E-state index contributed by atoms with van der Waals surface area (Å²) in [5.74, 6) is -0.552. The Morgan fingerprint density at radius 3 is 2.41 bits per heavy atom. The monoisotopic (exact) mass is 470 g/mol. The van der Waals surface area contributed by atoms with Crippen molar-refractivity contribution in [1.82, 2.24) is 10.6 Å². The van der Waals surface area contributed by atoms with E-state index in [0.717, 1.165) is 10.0 Å². The molecular weight excluding hydrogens is 450 g/mol. The number of rotatable bonds is 9. The van der Waals surface area contributed by atoms with Gasteiger partial charge < -0.3 is 20.1 Å². The summed E-state index contributed by atoms with van der Waals surface area (Å²) < 4.78 is 35.0. The molecule has 9 heteroatoms. The first-order valence-electron chi connectivity index (χ1n) is 8.76. The third-order valence-corrected chi connectivity index (χ3v) is 4.53. The molecule has 29 heavy (non-hydrogen) atoms. The van der Waals surface area contributed by atoms with Crippen molar-refractivity contribution in [2.45, 2.75) is 26.0 Å². The Kier molecular flexibility index (Phi) is 8.38. The SMILES string of the molecule is COc1cc(CCNC(=O)[C@H](C)NC(=O)c2ccc(Br)cc2)ccc1OC(F)F. The highest BCUT2D eigenvalue weighted by Gasteiger charge is 2.16. The van der Waals surface area contributed by atoms with Gasteiger partial charge in [-0.3, -0.25) is 9.59 Å². The Hall–Kier alpha value is -2.68. The molecule has 0 unspecified atom stereocenters. The topological polar surface area (TPSA) is 76.7 Å². The van der Waals surface area contributed by atoms with Crippen molar-refractivity contribution in [2.24, 2.45) is 0 Å². The van der Waals surface area contributed by atoms with Crippen molar-refractivity contribution in [3.8, 4) is 11.5 Å². The van der Waals surface area contributed by atoms with Gasteiger partial charge in [0.15, 0.2) is 11.5 Å². The Bertz CT molecular complexity index is 847. The van der Waals surface area contributed by atoms with Crippen molar-refractivity contribution >= 4 is 27.7 Å². The van der Waals surface area contributed by atoms with E-state index in [0.29, 0.717) is 18.5 Å². The second kappa shape index (κ2) is 10.8. The third kappa shape index (κ3) is 7.01. The first-order chi connectivity index (χ1) is 13.8. The Morgan fingerprint density at radius 2 is 1.79 bits per heavy atom. The lowest BCUT2D eigenvalue weighted by molar-refractivity contribution is -0.122. The van der Waals surface area contributed by atoms with E-state index in [-0.39, 0.29) is 23.3 Å². The minimum Gasteiger partial charge on any atom is -0.493 e. The van der Waals surface area contributed by atoms with Crippen LogP contribution >= 0.6 is 15.9 Å². The molecule has 2 N–H and O–H groups in total. The van der Waals surface area contributed by atoms with Crippen LogP contribution in [-0.2, 0) is 11.2 Å². The van der Waals surface area contributed by atoms with Gasteiger partial charge in [0.1, 0.15) is 6.04 Å². The zero-order valence-corrected chi connectivity index (χ0v) is 17.5. The second-order valence-electron chi connectivity index (χ2n) is 6.11.